The third-order valence-corrected chi connectivity index (χ3v) is 3.07. The number of hydrogen-bond donors (Lipinski definition) is 2. The Morgan fingerprint density at radius 2 is 2.10 bits per heavy atom. The van der Waals surface area contributed by atoms with Crippen LogP contribution in [-0.4, -0.2) is 15.1 Å². The summed E-state index contributed by atoms with van der Waals surface area (Å²) in [6.45, 7) is 4.22. The van der Waals surface area contributed by atoms with E-state index in [0.717, 1.165) is 22.2 Å². The minimum absolute atomic E-state index is 0.473. The van der Waals surface area contributed by atoms with Crippen LogP contribution in [0.2, 0.25) is 0 Å². The SMILES string of the molecule is Cc1cc2c(NCc3nc(C)no3)ccc(N)c2cn1. The van der Waals surface area contributed by atoms with Gasteiger partial charge in [0, 0.05) is 34.0 Å². The Morgan fingerprint density at radius 3 is 2.85 bits per heavy atom. The number of aromatic nitrogens is 3. The number of fused-ring (bicyclic) bond motifs is 1. The Morgan fingerprint density at radius 1 is 1.25 bits per heavy atom. The van der Waals surface area contributed by atoms with Crippen LogP contribution in [0.25, 0.3) is 10.8 Å². The highest BCUT2D eigenvalue weighted by molar-refractivity contribution is 6.00. The molecule has 20 heavy (non-hydrogen) atoms. The number of rotatable bonds is 3. The van der Waals surface area contributed by atoms with E-state index in [9.17, 15) is 0 Å². The summed E-state index contributed by atoms with van der Waals surface area (Å²) >= 11 is 0. The topological polar surface area (TPSA) is 89.9 Å². The maximum absolute atomic E-state index is 5.98. The molecule has 102 valence electrons. The molecule has 1 aromatic carbocycles. The van der Waals surface area contributed by atoms with Crippen molar-refractivity contribution in [3.63, 3.8) is 0 Å². The molecular weight excluding hydrogens is 254 g/mol. The van der Waals surface area contributed by atoms with Gasteiger partial charge < -0.3 is 15.6 Å². The molecule has 3 rings (SSSR count). The molecule has 0 fully saturated rings. The van der Waals surface area contributed by atoms with E-state index >= 15 is 0 Å². The van der Waals surface area contributed by atoms with Crippen LogP contribution in [0.15, 0.2) is 28.9 Å². The number of nitrogens with one attached hydrogen (secondary N) is 1. The molecule has 0 saturated heterocycles. The summed E-state index contributed by atoms with van der Waals surface area (Å²) in [5.74, 6) is 1.18. The molecule has 0 aliphatic rings. The molecular formula is C14H15N5O. The van der Waals surface area contributed by atoms with E-state index in [2.05, 4.69) is 20.4 Å². The lowest BCUT2D eigenvalue weighted by Crippen LogP contribution is -2.01. The molecule has 2 heterocycles. The van der Waals surface area contributed by atoms with Crippen molar-refractivity contribution in [2.45, 2.75) is 20.4 Å². The van der Waals surface area contributed by atoms with Crippen molar-refractivity contribution in [3.05, 3.63) is 41.8 Å². The van der Waals surface area contributed by atoms with Crippen LogP contribution < -0.4 is 11.1 Å². The van der Waals surface area contributed by atoms with Crippen LogP contribution in [0.4, 0.5) is 11.4 Å². The molecule has 0 unspecified atom stereocenters. The fourth-order valence-electron chi connectivity index (χ4n) is 2.10. The van der Waals surface area contributed by atoms with Gasteiger partial charge in [-0.2, -0.15) is 4.98 Å². The van der Waals surface area contributed by atoms with Gasteiger partial charge in [-0.15, -0.1) is 0 Å². The largest absolute Gasteiger partial charge is 0.398 e. The number of nitrogens with two attached hydrogens (primary N) is 1. The molecule has 0 atom stereocenters. The molecule has 0 spiro atoms. The van der Waals surface area contributed by atoms with Gasteiger partial charge in [0.1, 0.15) is 0 Å². The lowest BCUT2D eigenvalue weighted by Gasteiger charge is -2.10. The van der Waals surface area contributed by atoms with Crippen LogP contribution in [0, 0.1) is 13.8 Å². The maximum atomic E-state index is 5.98. The van der Waals surface area contributed by atoms with Gasteiger partial charge in [-0.1, -0.05) is 5.16 Å². The zero-order chi connectivity index (χ0) is 14.1. The molecule has 0 aliphatic carbocycles. The first-order valence-corrected chi connectivity index (χ1v) is 6.31. The van der Waals surface area contributed by atoms with E-state index in [1.165, 1.54) is 0 Å². The zero-order valence-electron chi connectivity index (χ0n) is 11.3. The highest BCUT2D eigenvalue weighted by Gasteiger charge is 2.07. The molecule has 6 nitrogen and oxygen atoms in total. The summed E-state index contributed by atoms with van der Waals surface area (Å²) in [5.41, 5.74) is 8.60. The average molecular weight is 269 g/mol. The maximum Gasteiger partial charge on any atom is 0.245 e. The monoisotopic (exact) mass is 269 g/mol. The van der Waals surface area contributed by atoms with E-state index in [4.69, 9.17) is 10.3 Å². The Hall–Kier alpha value is -2.63. The fourth-order valence-corrected chi connectivity index (χ4v) is 2.10. The van der Waals surface area contributed by atoms with Crippen molar-refractivity contribution < 1.29 is 4.52 Å². The van der Waals surface area contributed by atoms with Crippen molar-refractivity contribution in [3.8, 4) is 0 Å². The summed E-state index contributed by atoms with van der Waals surface area (Å²) in [5, 5.41) is 9.02. The highest BCUT2D eigenvalue weighted by atomic mass is 16.5. The Bertz CT molecular complexity index is 765. The molecule has 0 saturated carbocycles. The predicted molar refractivity (Wildman–Crippen MR) is 77.3 cm³/mol. The third kappa shape index (κ3) is 2.27. The van der Waals surface area contributed by atoms with E-state index in [1.807, 2.05) is 25.1 Å². The van der Waals surface area contributed by atoms with Crippen LogP contribution in [0.1, 0.15) is 17.4 Å². The zero-order valence-corrected chi connectivity index (χ0v) is 11.3. The van der Waals surface area contributed by atoms with Crippen molar-refractivity contribution in [1.29, 1.82) is 0 Å². The van der Waals surface area contributed by atoms with Gasteiger partial charge >= 0.3 is 0 Å². The number of nitrogen functional groups attached to an aromatic ring is 1. The lowest BCUT2D eigenvalue weighted by atomic mass is 10.1. The molecule has 6 heteroatoms. The molecule has 0 radical (unpaired) electrons. The summed E-state index contributed by atoms with van der Waals surface area (Å²) in [6, 6.07) is 5.81. The minimum Gasteiger partial charge on any atom is -0.398 e. The van der Waals surface area contributed by atoms with E-state index in [1.54, 1.807) is 13.1 Å². The van der Waals surface area contributed by atoms with Crippen molar-refractivity contribution in [2.75, 3.05) is 11.1 Å². The Labute approximate surface area is 116 Å². The number of nitrogens with zero attached hydrogens (tertiary/aromatic N) is 3. The summed E-state index contributed by atoms with van der Waals surface area (Å²) in [7, 11) is 0. The summed E-state index contributed by atoms with van der Waals surface area (Å²) < 4.78 is 5.08. The third-order valence-electron chi connectivity index (χ3n) is 3.07. The average Bonchev–Trinajstić information content (AvgIpc) is 2.84. The lowest BCUT2D eigenvalue weighted by molar-refractivity contribution is 0.379. The van der Waals surface area contributed by atoms with Crippen LogP contribution >= 0.6 is 0 Å². The van der Waals surface area contributed by atoms with Gasteiger partial charge in [0.05, 0.1) is 6.54 Å². The standard InChI is InChI=1S/C14H15N5O/c1-8-5-10-11(6-16-8)12(15)3-4-13(10)17-7-14-18-9(2)19-20-14/h3-6,17H,7,15H2,1-2H3. The molecule has 3 aromatic rings. The van der Waals surface area contributed by atoms with Gasteiger partial charge in [0.25, 0.3) is 0 Å². The number of aryl methyl sites for hydroxylation is 2. The molecule has 3 N–H and O–H groups in total. The highest BCUT2D eigenvalue weighted by Crippen LogP contribution is 2.28. The second-order valence-corrected chi connectivity index (χ2v) is 4.66. The Kier molecular flexibility index (Phi) is 2.98. The Balaban J connectivity index is 1.95. The van der Waals surface area contributed by atoms with E-state index in [-0.39, 0.29) is 0 Å². The van der Waals surface area contributed by atoms with E-state index in [0.29, 0.717) is 23.9 Å². The molecule has 0 amide bonds. The van der Waals surface area contributed by atoms with Crippen LogP contribution in [0.5, 0.6) is 0 Å². The van der Waals surface area contributed by atoms with Gasteiger partial charge in [0.2, 0.25) is 5.89 Å². The first kappa shape index (κ1) is 12.4. The number of anilines is 2. The van der Waals surface area contributed by atoms with Crippen LogP contribution in [-0.2, 0) is 6.54 Å². The van der Waals surface area contributed by atoms with Gasteiger partial charge in [-0.3, -0.25) is 4.98 Å². The molecule has 0 bridgehead atoms. The molecule has 2 aromatic heterocycles. The minimum atomic E-state index is 0.473. The van der Waals surface area contributed by atoms with Gasteiger partial charge in [-0.05, 0) is 32.0 Å². The number of hydrogen-bond acceptors (Lipinski definition) is 6. The van der Waals surface area contributed by atoms with Crippen molar-refractivity contribution >= 4 is 22.1 Å². The second-order valence-electron chi connectivity index (χ2n) is 4.66. The number of pyridine rings is 1. The first-order chi connectivity index (χ1) is 9.63. The normalized spacial score (nSPS) is 10.9. The quantitative estimate of drug-likeness (QED) is 0.710. The summed E-state index contributed by atoms with van der Waals surface area (Å²) in [6.07, 6.45) is 1.79. The predicted octanol–water partition coefficient (Wildman–Crippen LogP) is 2.43. The summed E-state index contributed by atoms with van der Waals surface area (Å²) in [4.78, 5) is 8.45. The first-order valence-electron chi connectivity index (χ1n) is 6.31. The van der Waals surface area contributed by atoms with E-state index < -0.39 is 0 Å². The van der Waals surface area contributed by atoms with Crippen molar-refractivity contribution in [2.24, 2.45) is 0 Å². The second kappa shape index (κ2) is 4.80. The smallest absolute Gasteiger partial charge is 0.245 e. The van der Waals surface area contributed by atoms with Gasteiger partial charge in [-0.25, -0.2) is 0 Å². The fraction of sp³-hybridized carbons (Fsp3) is 0.214. The number of benzene rings is 1. The molecule has 0 aliphatic heterocycles. The van der Waals surface area contributed by atoms with Gasteiger partial charge in [0.15, 0.2) is 5.82 Å². The van der Waals surface area contributed by atoms with Crippen molar-refractivity contribution in [1.82, 2.24) is 15.1 Å². The van der Waals surface area contributed by atoms with Crippen LogP contribution in [0.3, 0.4) is 0 Å².